The zero-order valence-electron chi connectivity index (χ0n) is 18.3. The van der Waals surface area contributed by atoms with Crippen molar-refractivity contribution in [2.24, 2.45) is 0 Å². The molecular formula is C26H26N2O3S2. The molecule has 7 heteroatoms. The van der Waals surface area contributed by atoms with Crippen LogP contribution in [0.2, 0.25) is 0 Å². The third kappa shape index (κ3) is 4.80. The van der Waals surface area contributed by atoms with E-state index in [0.29, 0.717) is 12.3 Å². The van der Waals surface area contributed by atoms with Gasteiger partial charge in [-0.15, -0.1) is 11.3 Å². The molecule has 170 valence electrons. The molecule has 2 amide bonds. The van der Waals surface area contributed by atoms with Gasteiger partial charge in [-0.3, -0.25) is 9.59 Å². The largest absolute Gasteiger partial charge is 0.484 e. The van der Waals surface area contributed by atoms with Gasteiger partial charge >= 0.3 is 0 Å². The van der Waals surface area contributed by atoms with Crippen LogP contribution < -0.4 is 4.74 Å². The maximum absolute atomic E-state index is 13.4. The van der Waals surface area contributed by atoms with Crippen LogP contribution in [-0.4, -0.2) is 59.4 Å². The predicted octanol–water partition coefficient (Wildman–Crippen LogP) is 4.49. The Hall–Kier alpha value is -2.77. The topological polar surface area (TPSA) is 49.9 Å². The van der Waals surface area contributed by atoms with Gasteiger partial charge in [0, 0.05) is 31.1 Å². The minimum Gasteiger partial charge on any atom is -0.484 e. The highest BCUT2D eigenvalue weighted by molar-refractivity contribution is 7.99. The first kappa shape index (κ1) is 22.0. The van der Waals surface area contributed by atoms with Gasteiger partial charge in [0.15, 0.2) is 6.61 Å². The molecule has 1 aromatic heterocycles. The van der Waals surface area contributed by atoms with Crippen molar-refractivity contribution < 1.29 is 14.3 Å². The van der Waals surface area contributed by atoms with Crippen molar-refractivity contribution in [3.05, 3.63) is 87.6 Å². The summed E-state index contributed by atoms with van der Waals surface area (Å²) in [5, 5.41) is 1.94. The molecule has 0 bridgehead atoms. The normalized spacial score (nSPS) is 18.0. The quantitative estimate of drug-likeness (QED) is 0.542. The molecule has 0 unspecified atom stereocenters. The number of hydrogen-bond donors (Lipinski definition) is 0. The molecule has 5 nitrogen and oxygen atoms in total. The number of ether oxygens (including phenoxy) is 1. The molecule has 0 spiro atoms. The number of thioether (sulfide) groups is 1. The SMILES string of the molecule is O=C(COc1ccc2c(c1)[C@H](c1ccccc1)N(C(=O)c1cccs1)CC2)N1CCSCC1. The first-order valence-corrected chi connectivity index (χ1v) is 13.2. The van der Waals surface area contributed by atoms with Gasteiger partial charge < -0.3 is 14.5 Å². The van der Waals surface area contributed by atoms with E-state index in [1.54, 1.807) is 0 Å². The second-order valence-corrected chi connectivity index (χ2v) is 10.4. The Kier molecular flexibility index (Phi) is 6.69. The molecule has 3 heterocycles. The summed E-state index contributed by atoms with van der Waals surface area (Å²) in [4.78, 5) is 30.5. The van der Waals surface area contributed by atoms with E-state index in [2.05, 4.69) is 18.2 Å². The van der Waals surface area contributed by atoms with Gasteiger partial charge in [-0.2, -0.15) is 11.8 Å². The van der Waals surface area contributed by atoms with E-state index in [4.69, 9.17) is 4.74 Å². The second-order valence-electron chi connectivity index (χ2n) is 8.18. The molecule has 2 aliphatic rings. The summed E-state index contributed by atoms with van der Waals surface area (Å²) < 4.78 is 5.94. The van der Waals surface area contributed by atoms with Crippen molar-refractivity contribution in [2.75, 3.05) is 37.7 Å². The smallest absolute Gasteiger partial charge is 0.264 e. The molecule has 0 aliphatic carbocycles. The summed E-state index contributed by atoms with van der Waals surface area (Å²) in [6, 6.07) is 19.8. The summed E-state index contributed by atoms with van der Waals surface area (Å²) >= 11 is 3.35. The van der Waals surface area contributed by atoms with E-state index in [0.717, 1.165) is 47.0 Å². The second kappa shape index (κ2) is 10.0. The first-order valence-electron chi connectivity index (χ1n) is 11.2. The average molecular weight is 479 g/mol. The van der Waals surface area contributed by atoms with Gasteiger partial charge in [0.25, 0.3) is 11.8 Å². The fraction of sp³-hybridized carbons (Fsp3) is 0.308. The molecule has 0 N–H and O–H groups in total. The van der Waals surface area contributed by atoms with Crippen LogP contribution in [0.15, 0.2) is 66.0 Å². The summed E-state index contributed by atoms with van der Waals surface area (Å²) in [6.07, 6.45) is 0.792. The Labute approximate surface area is 202 Å². The first-order chi connectivity index (χ1) is 16.2. The van der Waals surface area contributed by atoms with E-state index in [1.165, 1.54) is 16.9 Å². The van der Waals surface area contributed by atoms with Gasteiger partial charge in [-0.05, 0) is 46.7 Å². The van der Waals surface area contributed by atoms with Crippen LogP contribution in [-0.2, 0) is 11.2 Å². The number of carbonyl (C=O) groups excluding carboxylic acids is 2. The Morgan fingerprint density at radius 1 is 0.970 bits per heavy atom. The molecule has 0 saturated carbocycles. The van der Waals surface area contributed by atoms with E-state index < -0.39 is 0 Å². The van der Waals surface area contributed by atoms with Crippen LogP contribution in [0.25, 0.3) is 0 Å². The van der Waals surface area contributed by atoms with Gasteiger partial charge in [-0.25, -0.2) is 0 Å². The Balaban J connectivity index is 1.42. The van der Waals surface area contributed by atoms with Gasteiger partial charge in [0.1, 0.15) is 5.75 Å². The lowest BCUT2D eigenvalue weighted by Gasteiger charge is -2.38. The van der Waals surface area contributed by atoms with Crippen molar-refractivity contribution in [2.45, 2.75) is 12.5 Å². The number of hydrogen-bond acceptors (Lipinski definition) is 5. The lowest BCUT2D eigenvalue weighted by Crippen LogP contribution is -2.41. The Bertz CT molecular complexity index is 1110. The zero-order chi connectivity index (χ0) is 22.6. The fourth-order valence-corrected chi connectivity index (χ4v) is 6.07. The molecule has 3 aromatic rings. The van der Waals surface area contributed by atoms with Crippen LogP contribution in [0.4, 0.5) is 0 Å². The molecular weight excluding hydrogens is 452 g/mol. The van der Waals surface area contributed by atoms with Crippen molar-refractivity contribution in [3.63, 3.8) is 0 Å². The van der Waals surface area contributed by atoms with Crippen LogP contribution in [0.5, 0.6) is 5.75 Å². The molecule has 2 aromatic carbocycles. The summed E-state index contributed by atoms with van der Waals surface area (Å²) in [5.74, 6) is 2.71. The van der Waals surface area contributed by atoms with Crippen molar-refractivity contribution in [1.29, 1.82) is 0 Å². The number of thiophene rings is 1. The summed E-state index contributed by atoms with van der Waals surface area (Å²) in [7, 11) is 0. The van der Waals surface area contributed by atoms with E-state index in [-0.39, 0.29) is 24.5 Å². The lowest BCUT2D eigenvalue weighted by atomic mass is 9.88. The van der Waals surface area contributed by atoms with Crippen LogP contribution in [0, 0.1) is 0 Å². The standard InChI is InChI=1S/C26H26N2O3S2/c29-24(27-12-15-32-16-13-27)18-31-21-9-8-19-10-11-28(26(30)23-7-4-14-33-23)25(22(19)17-21)20-5-2-1-3-6-20/h1-9,14,17,25H,10-13,15-16,18H2/t25-/m0/s1. The third-order valence-electron chi connectivity index (χ3n) is 6.18. The monoisotopic (exact) mass is 478 g/mol. The summed E-state index contributed by atoms with van der Waals surface area (Å²) in [5.41, 5.74) is 3.35. The van der Waals surface area contributed by atoms with Gasteiger partial charge in [-0.1, -0.05) is 42.5 Å². The molecule has 1 atom stereocenters. The van der Waals surface area contributed by atoms with Crippen LogP contribution in [0.1, 0.15) is 32.4 Å². The lowest BCUT2D eigenvalue weighted by molar-refractivity contribution is -0.133. The van der Waals surface area contributed by atoms with E-state index in [9.17, 15) is 9.59 Å². The van der Waals surface area contributed by atoms with Gasteiger partial charge in [0.2, 0.25) is 0 Å². The molecule has 1 fully saturated rings. The Morgan fingerprint density at radius 2 is 1.79 bits per heavy atom. The van der Waals surface area contributed by atoms with E-state index >= 15 is 0 Å². The maximum Gasteiger partial charge on any atom is 0.264 e. The van der Waals surface area contributed by atoms with E-state index in [1.807, 2.05) is 69.4 Å². The number of benzene rings is 2. The zero-order valence-corrected chi connectivity index (χ0v) is 19.9. The highest BCUT2D eigenvalue weighted by Gasteiger charge is 2.33. The van der Waals surface area contributed by atoms with Crippen molar-refractivity contribution in [3.8, 4) is 5.75 Å². The number of nitrogens with zero attached hydrogens (tertiary/aromatic N) is 2. The number of carbonyl (C=O) groups is 2. The minimum absolute atomic E-state index is 0.0297. The molecule has 33 heavy (non-hydrogen) atoms. The van der Waals surface area contributed by atoms with Gasteiger partial charge in [0.05, 0.1) is 10.9 Å². The number of amides is 2. The van der Waals surface area contributed by atoms with Crippen LogP contribution >= 0.6 is 23.1 Å². The minimum atomic E-state index is -0.192. The Morgan fingerprint density at radius 3 is 2.55 bits per heavy atom. The van der Waals surface area contributed by atoms with Crippen molar-refractivity contribution >= 4 is 34.9 Å². The molecule has 5 rings (SSSR count). The fourth-order valence-electron chi connectivity index (χ4n) is 4.49. The van der Waals surface area contributed by atoms with Crippen molar-refractivity contribution in [1.82, 2.24) is 9.80 Å². The molecule has 0 radical (unpaired) electrons. The highest BCUT2D eigenvalue weighted by atomic mass is 32.2. The highest BCUT2D eigenvalue weighted by Crippen LogP contribution is 2.38. The summed E-state index contributed by atoms with van der Waals surface area (Å²) in [6.45, 7) is 2.27. The number of fused-ring (bicyclic) bond motifs is 1. The molecule has 2 aliphatic heterocycles. The maximum atomic E-state index is 13.4. The molecule has 1 saturated heterocycles. The number of rotatable bonds is 5. The average Bonchev–Trinajstić information content (AvgIpc) is 3.42. The predicted molar refractivity (Wildman–Crippen MR) is 133 cm³/mol. The van der Waals surface area contributed by atoms with Crippen LogP contribution in [0.3, 0.4) is 0 Å². The third-order valence-corrected chi connectivity index (χ3v) is 7.98.